The molecule has 1 N–H and O–H groups in total. The molecule has 188 valence electrons. The fraction of sp³-hybridized carbons (Fsp3) is 0.321. The second kappa shape index (κ2) is 12.0. The van der Waals surface area contributed by atoms with Gasteiger partial charge in [-0.2, -0.15) is 0 Å². The molecule has 0 atom stereocenters. The van der Waals surface area contributed by atoms with Crippen LogP contribution < -0.4 is 10.9 Å². The van der Waals surface area contributed by atoms with Crippen LogP contribution in [0.4, 0.5) is 0 Å². The first-order valence-electron chi connectivity index (χ1n) is 12.3. The molecular formula is C28H31ClN4O3. The maximum atomic E-state index is 13.1. The molecule has 2 heterocycles. The minimum Gasteiger partial charge on any atom is -0.385 e. The van der Waals surface area contributed by atoms with Crippen LogP contribution in [0.5, 0.6) is 0 Å². The van der Waals surface area contributed by atoms with Gasteiger partial charge in [0.25, 0.3) is 11.5 Å². The third kappa shape index (κ3) is 5.86. The van der Waals surface area contributed by atoms with Crippen molar-refractivity contribution in [3.63, 3.8) is 0 Å². The van der Waals surface area contributed by atoms with Gasteiger partial charge in [-0.3, -0.25) is 14.0 Å². The highest BCUT2D eigenvalue weighted by Crippen LogP contribution is 2.25. The summed E-state index contributed by atoms with van der Waals surface area (Å²) in [6, 6.07) is 16.4. The highest BCUT2D eigenvalue weighted by atomic mass is 35.5. The Morgan fingerprint density at radius 2 is 1.75 bits per heavy atom. The van der Waals surface area contributed by atoms with Gasteiger partial charge in [0, 0.05) is 55.2 Å². The molecule has 0 fully saturated rings. The molecular weight excluding hydrogens is 476 g/mol. The number of rotatable bonds is 11. The summed E-state index contributed by atoms with van der Waals surface area (Å²) in [4.78, 5) is 30.4. The van der Waals surface area contributed by atoms with Crippen molar-refractivity contribution in [3.05, 3.63) is 81.7 Å². The first-order valence-corrected chi connectivity index (χ1v) is 12.7. The normalized spacial score (nSPS) is 11.2. The molecule has 0 aliphatic rings. The standard InChI is InChI=1S/C28H31ClN4O3/c1-3-4-5-16-32-25(21-7-9-22(10-8-21)27(35)30-15-6-17-36-2)18-26(34)33-19-24(31-28(32)33)20-11-13-23(29)14-12-20/h7-14,18-19H,3-6,15-17H2,1-2H3,(H,30,35). The van der Waals surface area contributed by atoms with Crippen LogP contribution in [0.3, 0.4) is 0 Å². The molecule has 0 saturated carbocycles. The number of ether oxygens (including phenoxy) is 1. The largest absolute Gasteiger partial charge is 0.385 e. The number of nitrogens with one attached hydrogen (secondary N) is 1. The number of carbonyl (C=O) groups is 1. The van der Waals surface area contributed by atoms with E-state index in [9.17, 15) is 9.59 Å². The van der Waals surface area contributed by atoms with Gasteiger partial charge in [-0.1, -0.05) is 55.6 Å². The third-order valence-electron chi connectivity index (χ3n) is 6.10. The summed E-state index contributed by atoms with van der Waals surface area (Å²) in [7, 11) is 1.64. The molecule has 0 aliphatic heterocycles. The zero-order valence-corrected chi connectivity index (χ0v) is 21.4. The molecule has 7 nitrogen and oxygen atoms in total. The topological polar surface area (TPSA) is 77.6 Å². The van der Waals surface area contributed by atoms with Crippen LogP contribution in [-0.4, -0.2) is 40.1 Å². The number of amides is 1. The summed E-state index contributed by atoms with van der Waals surface area (Å²) in [5.41, 5.74) is 3.67. The van der Waals surface area contributed by atoms with Crippen LogP contribution in [0.25, 0.3) is 28.3 Å². The van der Waals surface area contributed by atoms with Crippen molar-refractivity contribution in [2.75, 3.05) is 20.3 Å². The van der Waals surface area contributed by atoms with E-state index in [1.54, 1.807) is 35.9 Å². The highest BCUT2D eigenvalue weighted by Gasteiger charge is 2.15. The highest BCUT2D eigenvalue weighted by molar-refractivity contribution is 6.30. The molecule has 0 saturated heterocycles. The number of aryl methyl sites for hydroxylation is 1. The van der Waals surface area contributed by atoms with Gasteiger partial charge < -0.3 is 14.6 Å². The molecule has 36 heavy (non-hydrogen) atoms. The average molecular weight is 507 g/mol. The third-order valence-corrected chi connectivity index (χ3v) is 6.35. The summed E-state index contributed by atoms with van der Waals surface area (Å²) < 4.78 is 8.71. The molecule has 0 bridgehead atoms. The van der Waals surface area contributed by atoms with E-state index < -0.39 is 0 Å². The molecule has 4 aromatic rings. The SMILES string of the molecule is CCCCCn1c(-c2ccc(C(=O)NCCCOC)cc2)cc(=O)n2cc(-c3ccc(Cl)cc3)nc12. The Labute approximate surface area is 215 Å². The Morgan fingerprint density at radius 1 is 1.03 bits per heavy atom. The van der Waals surface area contributed by atoms with Crippen molar-refractivity contribution in [2.24, 2.45) is 0 Å². The van der Waals surface area contributed by atoms with E-state index in [0.29, 0.717) is 35.2 Å². The fourth-order valence-corrected chi connectivity index (χ4v) is 4.27. The van der Waals surface area contributed by atoms with Crippen molar-refractivity contribution in [2.45, 2.75) is 39.2 Å². The van der Waals surface area contributed by atoms with Crippen molar-refractivity contribution >= 4 is 23.3 Å². The van der Waals surface area contributed by atoms with E-state index in [-0.39, 0.29) is 11.5 Å². The summed E-state index contributed by atoms with van der Waals surface area (Å²) in [6.07, 6.45) is 5.66. The van der Waals surface area contributed by atoms with Crippen molar-refractivity contribution in [1.29, 1.82) is 0 Å². The number of benzene rings is 2. The number of carbonyl (C=O) groups excluding carboxylic acids is 1. The first kappa shape index (κ1) is 25.7. The Morgan fingerprint density at radius 3 is 2.44 bits per heavy atom. The Hall–Kier alpha value is -3.42. The average Bonchev–Trinajstić information content (AvgIpc) is 3.34. The zero-order valence-electron chi connectivity index (χ0n) is 20.7. The molecule has 4 rings (SSSR count). The smallest absolute Gasteiger partial charge is 0.259 e. The molecule has 0 radical (unpaired) electrons. The molecule has 0 unspecified atom stereocenters. The number of hydrogen-bond donors (Lipinski definition) is 1. The van der Waals surface area contributed by atoms with Gasteiger partial charge in [0.15, 0.2) is 0 Å². The van der Waals surface area contributed by atoms with E-state index in [0.717, 1.165) is 49.0 Å². The fourth-order valence-electron chi connectivity index (χ4n) is 4.15. The van der Waals surface area contributed by atoms with Crippen LogP contribution in [0.2, 0.25) is 5.02 Å². The van der Waals surface area contributed by atoms with Gasteiger partial charge in [-0.25, -0.2) is 4.98 Å². The molecule has 1 amide bonds. The number of nitrogens with zero attached hydrogens (tertiary/aromatic N) is 3. The minimum absolute atomic E-state index is 0.130. The maximum Gasteiger partial charge on any atom is 0.259 e. The summed E-state index contributed by atoms with van der Waals surface area (Å²) in [6.45, 7) is 4.05. The number of unbranched alkanes of at least 4 members (excludes halogenated alkanes) is 2. The molecule has 8 heteroatoms. The zero-order chi connectivity index (χ0) is 25.5. The predicted octanol–water partition coefficient (Wildman–Crippen LogP) is 5.44. The van der Waals surface area contributed by atoms with Crippen LogP contribution >= 0.6 is 11.6 Å². The number of aromatic nitrogens is 3. The molecule has 2 aromatic carbocycles. The van der Waals surface area contributed by atoms with Gasteiger partial charge in [0.05, 0.1) is 11.4 Å². The quantitative estimate of drug-likeness (QED) is 0.275. The molecule has 2 aromatic heterocycles. The maximum absolute atomic E-state index is 13.1. The van der Waals surface area contributed by atoms with Crippen LogP contribution in [0.15, 0.2) is 65.6 Å². The van der Waals surface area contributed by atoms with Gasteiger partial charge in [-0.05, 0) is 42.7 Å². The van der Waals surface area contributed by atoms with Crippen LogP contribution in [-0.2, 0) is 11.3 Å². The summed E-state index contributed by atoms with van der Waals surface area (Å²) >= 11 is 6.05. The van der Waals surface area contributed by atoms with Crippen molar-refractivity contribution in [3.8, 4) is 22.5 Å². The Balaban J connectivity index is 1.70. The van der Waals surface area contributed by atoms with E-state index in [1.165, 1.54) is 0 Å². The number of methoxy groups -OCH3 is 1. The van der Waals surface area contributed by atoms with Gasteiger partial charge in [0.1, 0.15) is 0 Å². The first-order chi connectivity index (χ1) is 17.5. The van der Waals surface area contributed by atoms with E-state index >= 15 is 0 Å². The van der Waals surface area contributed by atoms with Gasteiger partial charge >= 0.3 is 0 Å². The predicted molar refractivity (Wildman–Crippen MR) is 144 cm³/mol. The lowest BCUT2D eigenvalue weighted by Gasteiger charge is -2.15. The van der Waals surface area contributed by atoms with E-state index in [1.807, 2.05) is 36.4 Å². The van der Waals surface area contributed by atoms with E-state index in [4.69, 9.17) is 21.3 Å². The lowest BCUT2D eigenvalue weighted by atomic mass is 10.1. The lowest BCUT2D eigenvalue weighted by molar-refractivity contribution is 0.0948. The second-order valence-electron chi connectivity index (χ2n) is 8.71. The number of fused-ring (bicyclic) bond motifs is 1. The summed E-state index contributed by atoms with van der Waals surface area (Å²) in [5.74, 6) is 0.466. The number of hydrogen-bond acceptors (Lipinski definition) is 4. The minimum atomic E-state index is -0.153. The lowest BCUT2D eigenvalue weighted by Crippen LogP contribution is -2.25. The molecule has 0 aliphatic carbocycles. The van der Waals surface area contributed by atoms with E-state index in [2.05, 4.69) is 16.8 Å². The number of imidazole rings is 1. The molecule has 0 spiro atoms. The summed E-state index contributed by atoms with van der Waals surface area (Å²) in [5, 5.41) is 3.55. The van der Waals surface area contributed by atoms with Crippen LogP contribution in [0.1, 0.15) is 43.0 Å². The van der Waals surface area contributed by atoms with Crippen molar-refractivity contribution in [1.82, 2.24) is 19.3 Å². The van der Waals surface area contributed by atoms with Gasteiger partial charge in [-0.15, -0.1) is 0 Å². The Kier molecular flexibility index (Phi) is 8.57. The van der Waals surface area contributed by atoms with Crippen molar-refractivity contribution < 1.29 is 9.53 Å². The number of halogens is 1. The second-order valence-corrected chi connectivity index (χ2v) is 9.15. The van der Waals surface area contributed by atoms with Gasteiger partial charge in [0.2, 0.25) is 5.78 Å². The van der Waals surface area contributed by atoms with Crippen LogP contribution in [0, 0.1) is 0 Å². The monoisotopic (exact) mass is 506 g/mol. The Bertz CT molecular complexity index is 1380.